The number of thioether (sulfide) groups is 1. The van der Waals surface area contributed by atoms with Crippen molar-refractivity contribution in [1.82, 2.24) is 0 Å². The Kier molecular flexibility index (Phi) is 6.27. The Morgan fingerprint density at radius 1 is 1.29 bits per heavy atom. The number of hydrogen-bond acceptors (Lipinski definition) is 2. The lowest BCUT2D eigenvalue weighted by atomic mass is 10.1. The molecule has 0 aliphatic rings. The smallest absolute Gasteiger partial charge is 0.162 e. The zero-order valence-electron chi connectivity index (χ0n) is 10.4. The fourth-order valence-electron chi connectivity index (χ4n) is 1.43. The average Bonchev–Trinajstić information content (AvgIpc) is 2.29. The number of hydrogen-bond donors (Lipinski definition) is 0. The van der Waals surface area contributed by atoms with Crippen molar-refractivity contribution >= 4 is 17.5 Å². The van der Waals surface area contributed by atoms with Gasteiger partial charge in [-0.1, -0.05) is 13.8 Å². The SMILES string of the molecule is CC(C)CSCCCC(=O)c1ccc(F)cc1. The molecular weight excluding hydrogens is 235 g/mol. The van der Waals surface area contributed by atoms with E-state index >= 15 is 0 Å². The number of carbonyl (C=O) groups excluding carboxylic acids is 1. The Balaban J connectivity index is 2.23. The van der Waals surface area contributed by atoms with Gasteiger partial charge >= 0.3 is 0 Å². The van der Waals surface area contributed by atoms with Crippen molar-refractivity contribution in [2.45, 2.75) is 26.7 Å². The van der Waals surface area contributed by atoms with Gasteiger partial charge in [0, 0.05) is 12.0 Å². The minimum Gasteiger partial charge on any atom is -0.294 e. The molecule has 0 bridgehead atoms. The summed E-state index contributed by atoms with van der Waals surface area (Å²) in [7, 11) is 0. The van der Waals surface area contributed by atoms with Crippen LogP contribution in [0.1, 0.15) is 37.0 Å². The maximum absolute atomic E-state index is 12.7. The van der Waals surface area contributed by atoms with E-state index in [0.29, 0.717) is 17.9 Å². The first kappa shape index (κ1) is 14.2. The molecule has 0 aliphatic heterocycles. The van der Waals surface area contributed by atoms with Gasteiger partial charge in [0.25, 0.3) is 0 Å². The number of carbonyl (C=O) groups is 1. The molecule has 0 aromatic heterocycles. The lowest BCUT2D eigenvalue weighted by Crippen LogP contribution is -2.00. The quantitative estimate of drug-likeness (QED) is 0.536. The molecule has 3 heteroatoms. The lowest BCUT2D eigenvalue weighted by molar-refractivity contribution is 0.0982. The first-order chi connectivity index (χ1) is 8.09. The fraction of sp³-hybridized carbons (Fsp3) is 0.500. The molecule has 0 aliphatic carbocycles. The van der Waals surface area contributed by atoms with Crippen LogP contribution >= 0.6 is 11.8 Å². The molecule has 17 heavy (non-hydrogen) atoms. The number of benzene rings is 1. The molecule has 1 rings (SSSR count). The van der Waals surface area contributed by atoms with Crippen molar-refractivity contribution in [2.24, 2.45) is 5.92 Å². The van der Waals surface area contributed by atoms with Gasteiger partial charge in [-0.05, 0) is 48.1 Å². The molecule has 0 heterocycles. The molecule has 0 saturated heterocycles. The summed E-state index contributed by atoms with van der Waals surface area (Å²) >= 11 is 1.89. The van der Waals surface area contributed by atoms with Crippen LogP contribution in [0.5, 0.6) is 0 Å². The van der Waals surface area contributed by atoms with E-state index in [1.165, 1.54) is 12.1 Å². The first-order valence-electron chi connectivity index (χ1n) is 5.96. The van der Waals surface area contributed by atoms with Gasteiger partial charge in [-0.25, -0.2) is 4.39 Å². The average molecular weight is 254 g/mol. The molecule has 0 spiro atoms. The third-order valence-electron chi connectivity index (χ3n) is 2.31. The van der Waals surface area contributed by atoms with Crippen molar-refractivity contribution < 1.29 is 9.18 Å². The highest BCUT2D eigenvalue weighted by molar-refractivity contribution is 7.99. The number of ketones is 1. The highest BCUT2D eigenvalue weighted by Gasteiger charge is 2.05. The van der Waals surface area contributed by atoms with E-state index in [2.05, 4.69) is 13.8 Å². The fourth-order valence-corrected chi connectivity index (χ4v) is 2.42. The van der Waals surface area contributed by atoms with Gasteiger partial charge < -0.3 is 0 Å². The minimum absolute atomic E-state index is 0.107. The van der Waals surface area contributed by atoms with Gasteiger partial charge in [-0.15, -0.1) is 0 Å². The third kappa shape index (κ3) is 5.87. The zero-order valence-corrected chi connectivity index (χ0v) is 11.2. The molecule has 0 fully saturated rings. The predicted molar refractivity (Wildman–Crippen MR) is 72.1 cm³/mol. The maximum Gasteiger partial charge on any atom is 0.162 e. The zero-order chi connectivity index (χ0) is 12.7. The molecule has 0 atom stereocenters. The van der Waals surface area contributed by atoms with E-state index in [1.54, 1.807) is 12.1 Å². The second kappa shape index (κ2) is 7.49. The minimum atomic E-state index is -0.297. The molecule has 94 valence electrons. The number of Topliss-reactive ketones (excluding diaryl/α,β-unsaturated/α-hetero) is 1. The monoisotopic (exact) mass is 254 g/mol. The molecule has 0 amide bonds. The molecule has 0 radical (unpaired) electrons. The third-order valence-corrected chi connectivity index (χ3v) is 3.79. The summed E-state index contributed by atoms with van der Waals surface area (Å²) in [5.74, 6) is 2.67. The van der Waals surface area contributed by atoms with Crippen LogP contribution in [0.15, 0.2) is 24.3 Å². The largest absolute Gasteiger partial charge is 0.294 e. The van der Waals surface area contributed by atoms with E-state index in [0.717, 1.165) is 17.9 Å². The van der Waals surface area contributed by atoms with Crippen LogP contribution in [-0.2, 0) is 0 Å². The second-order valence-electron chi connectivity index (χ2n) is 4.50. The summed E-state index contributed by atoms with van der Waals surface area (Å²) in [6, 6.07) is 5.78. The molecule has 0 unspecified atom stereocenters. The van der Waals surface area contributed by atoms with Crippen molar-refractivity contribution in [3.63, 3.8) is 0 Å². The molecule has 1 aromatic carbocycles. The summed E-state index contributed by atoms with van der Waals surface area (Å²) in [4.78, 5) is 11.7. The van der Waals surface area contributed by atoms with Crippen LogP contribution in [-0.4, -0.2) is 17.3 Å². The van der Waals surface area contributed by atoms with Gasteiger partial charge in [0.05, 0.1) is 0 Å². The lowest BCUT2D eigenvalue weighted by Gasteiger charge is -2.04. The van der Waals surface area contributed by atoms with E-state index < -0.39 is 0 Å². The van der Waals surface area contributed by atoms with Gasteiger partial charge in [0.15, 0.2) is 5.78 Å². The van der Waals surface area contributed by atoms with E-state index in [4.69, 9.17) is 0 Å². The summed E-state index contributed by atoms with van der Waals surface area (Å²) < 4.78 is 12.7. The highest BCUT2D eigenvalue weighted by atomic mass is 32.2. The van der Waals surface area contributed by atoms with Gasteiger partial charge in [-0.3, -0.25) is 4.79 Å². The predicted octanol–water partition coefficient (Wildman–Crippen LogP) is 4.18. The maximum atomic E-state index is 12.7. The Morgan fingerprint density at radius 2 is 1.94 bits per heavy atom. The van der Waals surface area contributed by atoms with Crippen molar-refractivity contribution in [3.05, 3.63) is 35.6 Å². The highest BCUT2D eigenvalue weighted by Crippen LogP contribution is 2.12. The van der Waals surface area contributed by atoms with Crippen molar-refractivity contribution in [1.29, 1.82) is 0 Å². The van der Waals surface area contributed by atoms with Crippen molar-refractivity contribution in [3.8, 4) is 0 Å². The number of halogens is 1. The Morgan fingerprint density at radius 3 is 2.53 bits per heavy atom. The number of rotatable bonds is 7. The first-order valence-corrected chi connectivity index (χ1v) is 7.11. The van der Waals surface area contributed by atoms with E-state index in [1.807, 2.05) is 11.8 Å². The summed E-state index contributed by atoms with van der Waals surface area (Å²) in [5, 5.41) is 0. The van der Waals surface area contributed by atoms with Crippen LogP contribution < -0.4 is 0 Å². The second-order valence-corrected chi connectivity index (χ2v) is 5.65. The molecule has 1 nitrogen and oxygen atoms in total. The van der Waals surface area contributed by atoms with Crippen LogP contribution in [0.25, 0.3) is 0 Å². The summed E-state index contributed by atoms with van der Waals surface area (Å²) in [5.41, 5.74) is 0.611. The van der Waals surface area contributed by atoms with Crippen LogP contribution in [0.4, 0.5) is 4.39 Å². The molecular formula is C14H19FOS. The van der Waals surface area contributed by atoms with Gasteiger partial charge in [0.2, 0.25) is 0 Å². The van der Waals surface area contributed by atoms with Crippen LogP contribution in [0.2, 0.25) is 0 Å². The van der Waals surface area contributed by atoms with Crippen LogP contribution in [0.3, 0.4) is 0 Å². The van der Waals surface area contributed by atoms with Gasteiger partial charge in [0.1, 0.15) is 5.82 Å². The van der Waals surface area contributed by atoms with E-state index in [-0.39, 0.29) is 11.6 Å². The van der Waals surface area contributed by atoms with Gasteiger partial charge in [-0.2, -0.15) is 11.8 Å². The Hall–Kier alpha value is -0.830. The standard InChI is InChI=1S/C14H19FOS/c1-11(2)10-17-9-3-4-14(16)12-5-7-13(15)8-6-12/h5-8,11H,3-4,9-10H2,1-2H3. The normalized spacial score (nSPS) is 10.8. The molecule has 1 aromatic rings. The molecule has 0 N–H and O–H groups in total. The van der Waals surface area contributed by atoms with Crippen LogP contribution in [0, 0.1) is 11.7 Å². The summed E-state index contributed by atoms with van der Waals surface area (Å²) in [6.45, 7) is 4.38. The summed E-state index contributed by atoms with van der Waals surface area (Å²) in [6.07, 6.45) is 1.45. The Labute approximate surface area is 107 Å². The van der Waals surface area contributed by atoms with E-state index in [9.17, 15) is 9.18 Å². The van der Waals surface area contributed by atoms with Crippen molar-refractivity contribution in [2.75, 3.05) is 11.5 Å². The topological polar surface area (TPSA) is 17.1 Å². The Bertz CT molecular complexity index is 346. The molecule has 0 saturated carbocycles.